The number of hydrogen-bond donors (Lipinski definition) is 0. The minimum Gasteiger partial charge on any atom is -0.493 e. The van der Waals surface area contributed by atoms with Gasteiger partial charge in [-0.05, 0) is 60.8 Å². The predicted octanol–water partition coefficient (Wildman–Crippen LogP) is 8.06. The van der Waals surface area contributed by atoms with Crippen molar-refractivity contribution in [1.82, 2.24) is 0 Å². The van der Waals surface area contributed by atoms with Gasteiger partial charge in [0.1, 0.15) is 5.75 Å². The molecule has 0 spiro atoms. The zero-order valence-corrected chi connectivity index (χ0v) is 18.8. The minimum absolute atomic E-state index is 0.608. The molecule has 0 saturated heterocycles. The third-order valence-electron chi connectivity index (χ3n) is 5.23. The van der Waals surface area contributed by atoms with Crippen LogP contribution in [0.4, 0.5) is 0 Å². The van der Waals surface area contributed by atoms with E-state index in [0.717, 1.165) is 12.2 Å². The molecule has 1 unspecified atom stereocenters. The van der Waals surface area contributed by atoms with Crippen molar-refractivity contribution >= 4 is 39.2 Å². The molecule has 0 bridgehead atoms. The molecule has 1 aliphatic carbocycles. The fourth-order valence-electron chi connectivity index (χ4n) is 3.79. The Morgan fingerprint density at radius 2 is 1.88 bits per heavy atom. The first-order valence-corrected chi connectivity index (χ1v) is 15.0. The maximum atomic E-state index is 6.13. The van der Waals surface area contributed by atoms with Gasteiger partial charge in [0, 0.05) is 0 Å². The van der Waals surface area contributed by atoms with E-state index in [1.54, 1.807) is 0 Å². The van der Waals surface area contributed by atoms with E-state index < -0.39 is 6.00 Å². The van der Waals surface area contributed by atoms with Crippen LogP contribution in [0.2, 0.25) is 6.04 Å². The second-order valence-corrected chi connectivity index (χ2v) is 16.7. The molecule has 1 aliphatic rings. The van der Waals surface area contributed by atoms with Crippen LogP contribution < -0.4 is 4.74 Å². The minimum atomic E-state index is -2.54. The van der Waals surface area contributed by atoms with Gasteiger partial charge < -0.3 is 4.74 Å². The topological polar surface area (TPSA) is 9.23 Å². The summed E-state index contributed by atoms with van der Waals surface area (Å²) in [6.07, 6.45) is 9.85. The molecule has 2 rings (SSSR count). The van der Waals surface area contributed by atoms with Crippen molar-refractivity contribution in [3.63, 3.8) is 0 Å². The van der Waals surface area contributed by atoms with Crippen molar-refractivity contribution in [3.8, 4) is 5.75 Å². The Hall–Kier alpha value is 0.107. The van der Waals surface area contributed by atoms with Gasteiger partial charge in [-0.3, -0.25) is 0 Å². The zero-order chi connectivity index (χ0) is 18.3. The van der Waals surface area contributed by atoms with E-state index in [9.17, 15) is 0 Å². The van der Waals surface area contributed by atoms with Gasteiger partial charge in [-0.15, -0.1) is 33.2 Å². The van der Waals surface area contributed by atoms with Crippen LogP contribution in [0.3, 0.4) is 0 Å². The van der Waals surface area contributed by atoms with Crippen LogP contribution in [-0.4, -0.2) is 12.6 Å². The number of benzene rings is 1. The predicted molar refractivity (Wildman–Crippen MR) is 114 cm³/mol. The lowest BCUT2D eigenvalue weighted by molar-refractivity contribution is 0.307. The number of hydrogen-bond acceptors (Lipinski definition) is 1. The van der Waals surface area contributed by atoms with Crippen LogP contribution in [0.15, 0.2) is 18.2 Å². The summed E-state index contributed by atoms with van der Waals surface area (Å²) >= 11 is 17.9. The van der Waals surface area contributed by atoms with E-state index in [2.05, 4.69) is 32.0 Å². The average Bonchev–Trinajstić information content (AvgIpc) is 2.59. The van der Waals surface area contributed by atoms with Crippen LogP contribution in [0.5, 0.6) is 5.75 Å². The summed E-state index contributed by atoms with van der Waals surface area (Å²) in [4.78, 5) is 0. The lowest BCUT2D eigenvalue weighted by atomic mass is 9.82. The van der Waals surface area contributed by atoms with Gasteiger partial charge in [0.05, 0.1) is 6.61 Å². The highest BCUT2D eigenvalue weighted by molar-refractivity contribution is 7.64. The summed E-state index contributed by atoms with van der Waals surface area (Å²) < 4.78 is 6.13. The summed E-state index contributed by atoms with van der Waals surface area (Å²) in [7, 11) is 0. The maximum Gasteiger partial charge on any atom is 0.341 e. The molecule has 0 N–H and O–H groups in total. The van der Waals surface area contributed by atoms with Crippen molar-refractivity contribution in [3.05, 3.63) is 29.3 Å². The van der Waals surface area contributed by atoms with Crippen LogP contribution in [-0.2, 0) is 0 Å². The number of halogens is 3. The van der Waals surface area contributed by atoms with Gasteiger partial charge in [0.25, 0.3) is 0 Å². The highest BCUT2D eigenvalue weighted by Crippen LogP contribution is 2.39. The van der Waals surface area contributed by atoms with E-state index >= 15 is 0 Å². The SMILES string of the molecule is CCCC(C)c1ccc(OCCC[Si](Cl)(Cl)Cl)c(C2CCCCC2)c1. The third kappa shape index (κ3) is 7.32. The highest BCUT2D eigenvalue weighted by Gasteiger charge is 2.24. The van der Waals surface area contributed by atoms with Crippen molar-refractivity contribution in [1.29, 1.82) is 0 Å². The Labute approximate surface area is 168 Å². The summed E-state index contributed by atoms with van der Waals surface area (Å²) in [5.74, 6) is 2.29. The Morgan fingerprint density at radius 1 is 1.16 bits per heavy atom. The van der Waals surface area contributed by atoms with Gasteiger partial charge in [-0.1, -0.05) is 51.7 Å². The first-order chi connectivity index (χ1) is 11.9. The van der Waals surface area contributed by atoms with Gasteiger partial charge in [0.15, 0.2) is 0 Å². The first-order valence-electron chi connectivity index (χ1n) is 9.74. The summed E-state index contributed by atoms with van der Waals surface area (Å²) in [6.45, 7) is 5.21. The normalized spacial score (nSPS) is 17.5. The smallest absolute Gasteiger partial charge is 0.341 e. The molecule has 1 saturated carbocycles. The molecular formula is C20H31Cl3OSi. The van der Waals surface area contributed by atoms with Crippen LogP contribution in [0.25, 0.3) is 0 Å². The molecule has 142 valence electrons. The highest BCUT2D eigenvalue weighted by atomic mass is 35.8. The van der Waals surface area contributed by atoms with E-state index in [0.29, 0.717) is 24.5 Å². The summed E-state index contributed by atoms with van der Waals surface area (Å²) in [5, 5.41) is 0. The lowest BCUT2D eigenvalue weighted by Crippen LogP contribution is -2.12. The molecule has 1 aromatic rings. The fraction of sp³-hybridized carbons (Fsp3) is 0.700. The quantitative estimate of drug-likeness (QED) is 0.222. The molecule has 25 heavy (non-hydrogen) atoms. The molecule has 0 amide bonds. The van der Waals surface area contributed by atoms with Gasteiger partial charge >= 0.3 is 6.00 Å². The van der Waals surface area contributed by atoms with E-state index in [-0.39, 0.29) is 0 Å². The van der Waals surface area contributed by atoms with E-state index in [1.807, 2.05) is 0 Å². The van der Waals surface area contributed by atoms with Crippen molar-refractivity contribution in [2.45, 2.75) is 83.1 Å². The van der Waals surface area contributed by atoms with Crippen LogP contribution >= 0.6 is 33.2 Å². The fourth-order valence-corrected chi connectivity index (χ4v) is 5.54. The monoisotopic (exact) mass is 420 g/mol. The average molecular weight is 422 g/mol. The van der Waals surface area contributed by atoms with Crippen molar-refractivity contribution < 1.29 is 4.74 Å². The van der Waals surface area contributed by atoms with E-state index in [1.165, 1.54) is 56.1 Å². The molecular weight excluding hydrogens is 391 g/mol. The summed E-state index contributed by atoms with van der Waals surface area (Å²) in [6, 6.07) is 4.95. The first kappa shape index (κ1) is 21.4. The lowest BCUT2D eigenvalue weighted by Gasteiger charge is -2.26. The molecule has 0 aliphatic heterocycles. The van der Waals surface area contributed by atoms with Gasteiger partial charge in [-0.25, -0.2) is 0 Å². The number of rotatable bonds is 9. The van der Waals surface area contributed by atoms with Gasteiger partial charge in [-0.2, -0.15) is 0 Å². The Balaban J connectivity index is 2.10. The molecule has 5 heteroatoms. The van der Waals surface area contributed by atoms with Crippen LogP contribution in [0, 0.1) is 0 Å². The molecule has 0 aromatic heterocycles. The Bertz CT molecular complexity index is 524. The third-order valence-corrected chi connectivity index (χ3v) is 7.85. The molecule has 0 heterocycles. The molecule has 1 atom stereocenters. The largest absolute Gasteiger partial charge is 0.493 e. The molecule has 1 aromatic carbocycles. The van der Waals surface area contributed by atoms with Gasteiger partial charge in [0.2, 0.25) is 0 Å². The second-order valence-electron chi connectivity index (χ2n) is 7.39. The van der Waals surface area contributed by atoms with Crippen molar-refractivity contribution in [2.24, 2.45) is 0 Å². The molecule has 1 nitrogen and oxygen atoms in total. The molecule has 1 fully saturated rings. The van der Waals surface area contributed by atoms with Crippen molar-refractivity contribution in [2.75, 3.05) is 6.61 Å². The Kier molecular flexibility index (Phi) is 8.94. The Morgan fingerprint density at radius 3 is 2.52 bits per heavy atom. The number of ether oxygens (including phenoxy) is 1. The zero-order valence-electron chi connectivity index (χ0n) is 15.5. The van der Waals surface area contributed by atoms with Crippen LogP contribution in [0.1, 0.15) is 88.2 Å². The second kappa shape index (κ2) is 10.4. The summed E-state index contributed by atoms with van der Waals surface area (Å²) in [5.41, 5.74) is 2.86. The standard InChI is InChI=1S/C20H31Cl3OSi/c1-3-8-16(2)18-11-12-20(24-13-7-14-25(21,22)23)19(15-18)17-9-5-4-6-10-17/h11-12,15-17H,3-10,13-14H2,1-2H3. The molecule has 0 radical (unpaired) electrons. The van der Waals surface area contributed by atoms with E-state index in [4.69, 9.17) is 38.0 Å². The maximum absolute atomic E-state index is 6.13.